The molecule has 1 rings (SSSR count). The van der Waals surface area contributed by atoms with E-state index in [1.54, 1.807) is 12.1 Å². The van der Waals surface area contributed by atoms with E-state index in [1.807, 2.05) is 0 Å². The number of Topliss-reactive ketones (excluding diaryl/α,β-unsaturated/α-hetero) is 1. The molecule has 0 N–H and O–H groups in total. The number of hydrogen-bond acceptors (Lipinski definition) is 3. The molecule has 76 valence electrons. The van der Waals surface area contributed by atoms with E-state index in [0.29, 0.717) is 11.5 Å². The standard InChI is InChI=1S/C10H11FO3/c1-13-7-3-4-10(14-2)8(5-7)9(12)6-11/h3-5H,6H2,1-2H3. The van der Waals surface area contributed by atoms with E-state index in [1.165, 1.54) is 20.3 Å². The van der Waals surface area contributed by atoms with Crippen molar-refractivity contribution in [3.63, 3.8) is 0 Å². The van der Waals surface area contributed by atoms with Crippen LogP contribution in [0.25, 0.3) is 0 Å². The number of hydrogen-bond donors (Lipinski definition) is 0. The van der Waals surface area contributed by atoms with Gasteiger partial charge in [0.25, 0.3) is 0 Å². The van der Waals surface area contributed by atoms with Gasteiger partial charge < -0.3 is 9.47 Å². The predicted molar refractivity (Wildman–Crippen MR) is 49.9 cm³/mol. The predicted octanol–water partition coefficient (Wildman–Crippen LogP) is 1.86. The molecule has 0 saturated carbocycles. The van der Waals surface area contributed by atoms with Gasteiger partial charge in [-0.15, -0.1) is 0 Å². The van der Waals surface area contributed by atoms with Gasteiger partial charge in [0, 0.05) is 0 Å². The van der Waals surface area contributed by atoms with Crippen molar-refractivity contribution in [3.8, 4) is 11.5 Å². The number of carbonyl (C=O) groups excluding carboxylic acids is 1. The van der Waals surface area contributed by atoms with Gasteiger partial charge in [-0.25, -0.2) is 4.39 Å². The summed E-state index contributed by atoms with van der Waals surface area (Å²) in [5.74, 6) is 0.247. The fraction of sp³-hybridized carbons (Fsp3) is 0.300. The van der Waals surface area contributed by atoms with Crippen LogP contribution < -0.4 is 9.47 Å². The van der Waals surface area contributed by atoms with Crippen LogP contribution in [0.3, 0.4) is 0 Å². The summed E-state index contributed by atoms with van der Waals surface area (Å²) in [6.45, 7) is -1.04. The molecule has 0 atom stereocenters. The highest BCUT2D eigenvalue weighted by atomic mass is 19.1. The Morgan fingerprint density at radius 1 is 1.36 bits per heavy atom. The Morgan fingerprint density at radius 3 is 2.57 bits per heavy atom. The number of methoxy groups -OCH3 is 2. The highest BCUT2D eigenvalue weighted by Crippen LogP contribution is 2.24. The monoisotopic (exact) mass is 198 g/mol. The summed E-state index contributed by atoms with van der Waals surface area (Å²) in [4.78, 5) is 11.2. The molecular formula is C10H11FO3. The molecule has 0 radical (unpaired) electrons. The fourth-order valence-corrected chi connectivity index (χ4v) is 1.10. The quantitative estimate of drug-likeness (QED) is 0.692. The first-order valence-electron chi connectivity index (χ1n) is 4.04. The first kappa shape index (κ1) is 10.5. The maximum absolute atomic E-state index is 12.2. The van der Waals surface area contributed by atoms with Gasteiger partial charge >= 0.3 is 0 Å². The first-order valence-corrected chi connectivity index (χ1v) is 4.04. The summed E-state index contributed by atoms with van der Waals surface area (Å²) in [5, 5.41) is 0. The minimum absolute atomic E-state index is 0.203. The van der Waals surface area contributed by atoms with Crippen LogP contribution in [0.4, 0.5) is 4.39 Å². The van der Waals surface area contributed by atoms with E-state index in [2.05, 4.69) is 0 Å². The molecule has 0 unspecified atom stereocenters. The van der Waals surface area contributed by atoms with E-state index < -0.39 is 12.5 Å². The third kappa shape index (κ3) is 2.02. The topological polar surface area (TPSA) is 35.5 Å². The molecule has 0 spiro atoms. The van der Waals surface area contributed by atoms with Crippen LogP contribution in [0.1, 0.15) is 10.4 Å². The molecule has 0 amide bonds. The molecule has 0 bridgehead atoms. The van der Waals surface area contributed by atoms with Crippen molar-refractivity contribution >= 4 is 5.78 Å². The minimum Gasteiger partial charge on any atom is -0.497 e. The number of ketones is 1. The van der Waals surface area contributed by atoms with Crippen LogP contribution in [0.2, 0.25) is 0 Å². The highest BCUT2D eigenvalue weighted by Gasteiger charge is 2.12. The Morgan fingerprint density at radius 2 is 2.07 bits per heavy atom. The van der Waals surface area contributed by atoms with E-state index in [-0.39, 0.29) is 5.56 Å². The third-order valence-corrected chi connectivity index (χ3v) is 1.83. The van der Waals surface area contributed by atoms with Crippen LogP contribution in [0, 0.1) is 0 Å². The molecule has 0 heterocycles. The number of ether oxygens (including phenoxy) is 2. The Bertz CT molecular complexity index is 336. The normalized spacial score (nSPS) is 9.64. The fourth-order valence-electron chi connectivity index (χ4n) is 1.10. The maximum atomic E-state index is 12.2. The summed E-state index contributed by atoms with van der Waals surface area (Å²) in [7, 11) is 2.91. The maximum Gasteiger partial charge on any atom is 0.197 e. The number of rotatable bonds is 4. The van der Waals surface area contributed by atoms with E-state index in [9.17, 15) is 9.18 Å². The SMILES string of the molecule is COc1ccc(OC)c(C(=O)CF)c1. The van der Waals surface area contributed by atoms with Gasteiger partial charge in [-0.2, -0.15) is 0 Å². The molecule has 0 aliphatic rings. The molecule has 0 aliphatic carbocycles. The average Bonchev–Trinajstić information content (AvgIpc) is 2.27. The Hall–Kier alpha value is -1.58. The average molecular weight is 198 g/mol. The summed E-state index contributed by atoms with van der Waals surface area (Å²) in [6, 6.07) is 4.68. The van der Waals surface area contributed by atoms with Crippen molar-refractivity contribution < 1.29 is 18.7 Å². The summed E-state index contributed by atoms with van der Waals surface area (Å²) in [5.41, 5.74) is 0.203. The van der Waals surface area contributed by atoms with Gasteiger partial charge in [0.1, 0.15) is 11.5 Å². The Balaban J connectivity index is 3.14. The van der Waals surface area contributed by atoms with E-state index in [4.69, 9.17) is 9.47 Å². The smallest absolute Gasteiger partial charge is 0.197 e. The van der Waals surface area contributed by atoms with Crippen molar-refractivity contribution in [2.24, 2.45) is 0 Å². The van der Waals surface area contributed by atoms with Crippen molar-refractivity contribution in [3.05, 3.63) is 23.8 Å². The Labute approximate surface area is 81.4 Å². The van der Waals surface area contributed by atoms with Crippen LogP contribution in [0.15, 0.2) is 18.2 Å². The molecule has 4 heteroatoms. The molecule has 0 saturated heterocycles. The van der Waals surface area contributed by atoms with Crippen LogP contribution in [0.5, 0.6) is 11.5 Å². The van der Waals surface area contributed by atoms with Crippen LogP contribution in [-0.2, 0) is 0 Å². The van der Waals surface area contributed by atoms with Gasteiger partial charge in [0.15, 0.2) is 12.5 Å². The van der Waals surface area contributed by atoms with Crippen molar-refractivity contribution in [2.45, 2.75) is 0 Å². The molecular weight excluding hydrogens is 187 g/mol. The largest absolute Gasteiger partial charge is 0.497 e. The highest BCUT2D eigenvalue weighted by molar-refractivity contribution is 5.99. The minimum atomic E-state index is -1.04. The van der Waals surface area contributed by atoms with Crippen molar-refractivity contribution in [2.75, 3.05) is 20.9 Å². The molecule has 0 aliphatic heterocycles. The molecule has 14 heavy (non-hydrogen) atoms. The van der Waals surface area contributed by atoms with E-state index >= 15 is 0 Å². The van der Waals surface area contributed by atoms with Gasteiger partial charge in [0.2, 0.25) is 0 Å². The number of halogens is 1. The second-order valence-electron chi connectivity index (χ2n) is 2.62. The summed E-state index contributed by atoms with van der Waals surface area (Å²) in [6.07, 6.45) is 0. The number of carbonyl (C=O) groups is 1. The lowest BCUT2D eigenvalue weighted by Gasteiger charge is -2.07. The summed E-state index contributed by atoms with van der Waals surface area (Å²) >= 11 is 0. The lowest BCUT2D eigenvalue weighted by molar-refractivity contribution is 0.0955. The summed E-state index contributed by atoms with van der Waals surface area (Å²) < 4.78 is 22.0. The van der Waals surface area contributed by atoms with Crippen molar-refractivity contribution in [1.82, 2.24) is 0 Å². The lowest BCUT2D eigenvalue weighted by Crippen LogP contribution is -2.04. The third-order valence-electron chi connectivity index (χ3n) is 1.83. The zero-order valence-corrected chi connectivity index (χ0v) is 8.04. The zero-order chi connectivity index (χ0) is 10.6. The van der Waals surface area contributed by atoms with Gasteiger partial charge in [-0.1, -0.05) is 0 Å². The number of alkyl halides is 1. The van der Waals surface area contributed by atoms with Crippen molar-refractivity contribution in [1.29, 1.82) is 0 Å². The molecule has 0 aromatic heterocycles. The van der Waals surface area contributed by atoms with E-state index in [0.717, 1.165) is 0 Å². The second kappa shape index (κ2) is 4.60. The lowest BCUT2D eigenvalue weighted by atomic mass is 10.1. The van der Waals surface area contributed by atoms with Gasteiger partial charge in [-0.05, 0) is 18.2 Å². The molecule has 1 aromatic rings. The molecule has 3 nitrogen and oxygen atoms in total. The van der Waals surface area contributed by atoms with Crippen LogP contribution >= 0.6 is 0 Å². The van der Waals surface area contributed by atoms with Gasteiger partial charge in [0.05, 0.1) is 19.8 Å². The second-order valence-corrected chi connectivity index (χ2v) is 2.62. The van der Waals surface area contributed by atoms with Gasteiger partial charge in [-0.3, -0.25) is 4.79 Å². The molecule has 1 aromatic carbocycles. The number of benzene rings is 1. The first-order chi connectivity index (χ1) is 6.72. The Kier molecular flexibility index (Phi) is 3.45. The van der Waals surface area contributed by atoms with Crippen LogP contribution in [-0.4, -0.2) is 26.7 Å². The molecule has 0 fully saturated rings. The zero-order valence-electron chi connectivity index (χ0n) is 8.04.